The van der Waals surface area contributed by atoms with Crippen molar-refractivity contribution in [1.29, 1.82) is 0 Å². The van der Waals surface area contributed by atoms with E-state index in [0.29, 0.717) is 10.7 Å². The highest BCUT2D eigenvalue weighted by molar-refractivity contribution is 9.10. The number of anilines is 1. The van der Waals surface area contributed by atoms with Crippen LogP contribution in [0.25, 0.3) is 0 Å². The second-order valence-electron chi connectivity index (χ2n) is 5.38. The highest BCUT2D eigenvalue weighted by Gasteiger charge is 2.32. The number of carbonyl (C=O) groups excluding carboxylic acids is 2. The number of carbonyl (C=O) groups is 2. The number of hydrogen-bond acceptors (Lipinski definition) is 2. The van der Waals surface area contributed by atoms with Crippen LogP contribution in [0.15, 0.2) is 46.9 Å². The molecule has 0 fully saturated rings. The molecule has 2 aromatic rings. The zero-order valence-corrected chi connectivity index (χ0v) is 14.7. The molecule has 6 heteroatoms. The molecule has 0 aliphatic carbocycles. The molecule has 0 radical (unpaired) electrons. The first-order chi connectivity index (χ1) is 11.0. The molecule has 1 atom stereocenters. The van der Waals surface area contributed by atoms with Crippen LogP contribution in [0.4, 0.5) is 5.69 Å². The van der Waals surface area contributed by atoms with Crippen LogP contribution in [0.2, 0.25) is 5.02 Å². The summed E-state index contributed by atoms with van der Waals surface area (Å²) in [6.45, 7) is 1.46. The maximum Gasteiger partial charge on any atom is 0.244 e. The fraction of sp³-hybridized carbons (Fsp3) is 0.176. The van der Waals surface area contributed by atoms with E-state index in [1.807, 2.05) is 36.4 Å². The van der Waals surface area contributed by atoms with Gasteiger partial charge in [-0.05, 0) is 35.9 Å². The lowest BCUT2D eigenvalue weighted by Gasteiger charge is -2.29. The Labute approximate surface area is 147 Å². The summed E-state index contributed by atoms with van der Waals surface area (Å²) in [5.41, 5.74) is 2.41. The van der Waals surface area contributed by atoms with Crippen LogP contribution in [0.3, 0.4) is 0 Å². The molecule has 2 aromatic carbocycles. The number of hydrogen-bond donors (Lipinski definition) is 1. The number of nitrogens with zero attached hydrogens (tertiary/aromatic N) is 1. The first-order valence-corrected chi connectivity index (χ1v) is 8.25. The molecule has 0 spiro atoms. The van der Waals surface area contributed by atoms with Crippen LogP contribution >= 0.6 is 27.5 Å². The molecule has 0 bridgehead atoms. The normalized spacial score (nSPS) is 17.3. The lowest BCUT2D eigenvalue weighted by molar-refractivity contribution is -0.134. The van der Waals surface area contributed by atoms with Crippen LogP contribution in [-0.2, 0) is 9.59 Å². The van der Waals surface area contributed by atoms with Crippen molar-refractivity contribution in [2.24, 2.45) is 0 Å². The Kier molecular flexibility index (Phi) is 4.41. The molecule has 2 amide bonds. The fourth-order valence-corrected chi connectivity index (χ4v) is 3.38. The molecule has 0 saturated heterocycles. The summed E-state index contributed by atoms with van der Waals surface area (Å²) in [5.74, 6) is -0.383. The molecule has 4 nitrogen and oxygen atoms in total. The zero-order chi connectivity index (χ0) is 16.6. The van der Waals surface area contributed by atoms with Gasteiger partial charge in [0.25, 0.3) is 0 Å². The van der Waals surface area contributed by atoms with E-state index < -0.39 is 0 Å². The highest BCUT2D eigenvalue weighted by atomic mass is 79.9. The Bertz CT molecular complexity index is 794. The molecular formula is C17H14BrClN2O2. The van der Waals surface area contributed by atoms with E-state index in [0.717, 1.165) is 15.6 Å². The Balaban J connectivity index is 2.24. The van der Waals surface area contributed by atoms with Crippen LogP contribution < -0.4 is 5.32 Å². The number of amides is 2. The number of nitrogens with one attached hydrogen (secondary N) is 1. The van der Waals surface area contributed by atoms with E-state index in [1.54, 1.807) is 11.0 Å². The first-order valence-electron chi connectivity index (χ1n) is 7.07. The third-order valence-electron chi connectivity index (χ3n) is 3.78. The number of fused-ring (bicyclic) bond motifs is 1. The number of rotatable bonds is 1. The quantitative estimate of drug-likeness (QED) is 0.796. The first kappa shape index (κ1) is 16.0. The Morgan fingerprint density at radius 3 is 2.78 bits per heavy atom. The predicted molar refractivity (Wildman–Crippen MR) is 93.5 cm³/mol. The maximum atomic E-state index is 12.2. The van der Waals surface area contributed by atoms with Gasteiger partial charge in [0.1, 0.15) is 6.54 Å². The van der Waals surface area contributed by atoms with Crippen molar-refractivity contribution in [3.63, 3.8) is 0 Å². The van der Waals surface area contributed by atoms with Gasteiger partial charge in [-0.1, -0.05) is 39.7 Å². The molecule has 1 aliphatic heterocycles. The fourth-order valence-electron chi connectivity index (χ4n) is 2.81. The minimum atomic E-state index is -0.377. The second-order valence-corrected chi connectivity index (χ2v) is 6.74. The van der Waals surface area contributed by atoms with Crippen molar-refractivity contribution >= 4 is 45.0 Å². The lowest BCUT2D eigenvalue weighted by atomic mass is 9.96. The molecule has 1 N–H and O–H groups in total. The maximum absolute atomic E-state index is 12.2. The van der Waals surface area contributed by atoms with Crippen molar-refractivity contribution in [3.05, 3.63) is 63.1 Å². The van der Waals surface area contributed by atoms with E-state index >= 15 is 0 Å². The molecule has 1 aliphatic rings. The van der Waals surface area contributed by atoms with E-state index in [2.05, 4.69) is 21.2 Å². The van der Waals surface area contributed by atoms with Crippen molar-refractivity contribution in [2.45, 2.75) is 13.0 Å². The van der Waals surface area contributed by atoms with E-state index in [4.69, 9.17) is 11.6 Å². The van der Waals surface area contributed by atoms with Crippen LogP contribution in [0.5, 0.6) is 0 Å². The van der Waals surface area contributed by atoms with Gasteiger partial charge >= 0.3 is 0 Å². The van der Waals surface area contributed by atoms with Crippen LogP contribution in [0.1, 0.15) is 24.1 Å². The predicted octanol–water partition coefficient (Wildman–Crippen LogP) is 3.99. The van der Waals surface area contributed by atoms with Crippen molar-refractivity contribution < 1.29 is 9.59 Å². The standard InChI is InChI=1S/C17H14BrClN2O2/c1-10(22)21-9-16(23)20-15-6-5-12(18)8-14(15)17(21)11-3-2-4-13(19)7-11/h2-8,17H,9H2,1H3,(H,20,23). The van der Waals surface area contributed by atoms with Gasteiger partial charge in [-0.15, -0.1) is 0 Å². The molecule has 118 valence electrons. The zero-order valence-electron chi connectivity index (χ0n) is 12.3. The van der Waals surface area contributed by atoms with E-state index in [-0.39, 0.29) is 24.4 Å². The van der Waals surface area contributed by atoms with Gasteiger partial charge in [0.05, 0.1) is 6.04 Å². The van der Waals surface area contributed by atoms with Crippen molar-refractivity contribution in [1.82, 2.24) is 4.90 Å². The molecule has 1 unspecified atom stereocenters. The SMILES string of the molecule is CC(=O)N1CC(=O)Nc2ccc(Br)cc2C1c1cccc(Cl)c1. The summed E-state index contributed by atoms with van der Waals surface area (Å²) in [5, 5.41) is 3.45. The number of benzene rings is 2. The molecule has 0 aromatic heterocycles. The van der Waals surface area contributed by atoms with Gasteiger partial charge in [0.2, 0.25) is 11.8 Å². The molecule has 3 rings (SSSR count). The topological polar surface area (TPSA) is 49.4 Å². The highest BCUT2D eigenvalue weighted by Crippen LogP contribution is 2.37. The average molecular weight is 394 g/mol. The van der Waals surface area contributed by atoms with Gasteiger partial charge < -0.3 is 10.2 Å². The van der Waals surface area contributed by atoms with Gasteiger partial charge in [-0.2, -0.15) is 0 Å². The summed E-state index contributed by atoms with van der Waals surface area (Å²) in [6, 6.07) is 12.6. The summed E-state index contributed by atoms with van der Waals surface area (Å²) < 4.78 is 0.878. The van der Waals surface area contributed by atoms with Gasteiger partial charge in [0, 0.05) is 27.7 Å². The Morgan fingerprint density at radius 2 is 2.09 bits per heavy atom. The second kappa shape index (κ2) is 6.34. The van der Waals surface area contributed by atoms with Gasteiger partial charge in [-0.25, -0.2) is 0 Å². The smallest absolute Gasteiger partial charge is 0.244 e. The molecular weight excluding hydrogens is 380 g/mol. The summed E-state index contributed by atoms with van der Waals surface area (Å²) >= 11 is 9.58. The minimum absolute atomic E-state index is 0.00118. The molecule has 1 heterocycles. The van der Waals surface area contributed by atoms with Gasteiger partial charge in [0.15, 0.2) is 0 Å². The Morgan fingerprint density at radius 1 is 1.30 bits per heavy atom. The largest absolute Gasteiger partial charge is 0.324 e. The van der Waals surface area contributed by atoms with Crippen molar-refractivity contribution in [2.75, 3.05) is 11.9 Å². The minimum Gasteiger partial charge on any atom is -0.324 e. The number of halogens is 2. The summed E-state index contributed by atoms with van der Waals surface area (Å²) in [7, 11) is 0. The van der Waals surface area contributed by atoms with E-state index in [1.165, 1.54) is 6.92 Å². The third-order valence-corrected chi connectivity index (χ3v) is 4.51. The van der Waals surface area contributed by atoms with E-state index in [9.17, 15) is 9.59 Å². The lowest BCUT2D eigenvalue weighted by Crippen LogP contribution is -2.37. The van der Waals surface area contributed by atoms with Crippen LogP contribution in [-0.4, -0.2) is 23.3 Å². The van der Waals surface area contributed by atoms with Crippen molar-refractivity contribution in [3.8, 4) is 0 Å². The monoisotopic (exact) mass is 392 g/mol. The van der Waals surface area contributed by atoms with Crippen LogP contribution in [0, 0.1) is 0 Å². The molecule has 23 heavy (non-hydrogen) atoms. The Hall–Kier alpha value is -1.85. The summed E-state index contributed by atoms with van der Waals surface area (Å²) in [4.78, 5) is 25.9. The molecule has 0 saturated carbocycles. The third kappa shape index (κ3) is 3.26. The summed E-state index contributed by atoms with van der Waals surface area (Å²) in [6.07, 6.45) is 0. The average Bonchev–Trinajstić information content (AvgIpc) is 2.63. The van der Waals surface area contributed by atoms with Gasteiger partial charge in [-0.3, -0.25) is 9.59 Å².